The highest BCUT2D eigenvalue weighted by Gasteiger charge is 2.31. The third-order valence-corrected chi connectivity index (χ3v) is 5.88. The predicted molar refractivity (Wildman–Crippen MR) is 101 cm³/mol. The fourth-order valence-corrected chi connectivity index (χ4v) is 4.61. The molecule has 2 aliphatic rings. The molecule has 0 unspecified atom stereocenters. The number of carbonyl (C=O) groups is 2. The molecule has 2 heterocycles. The van der Waals surface area contributed by atoms with Crippen LogP contribution >= 0.6 is 11.8 Å². The van der Waals surface area contributed by atoms with Crippen LogP contribution in [0.5, 0.6) is 0 Å². The van der Waals surface area contributed by atoms with Crippen LogP contribution in [0, 0.1) is 0 Å². The molecule has 2 amide bonds. The van der Waals surface area contributed by atoms with Crippen molar-refractivity contribution in [3.05, 3.63) is 54.1 Å². The fraction of sp³-hybridized carbons (Fsp3) is 0.300. The first-order valence-corrected chi connectivity index (χ1v) is 9.56. The molecule has 4 rings (SSSR count). The summed E-state index contributed by atoms with van der Waals surface area (Å²) < 4.78 is 0. The van der Waals surface area contributed by atoms with E-state index in [9.17, 15) is 9.59 Å². The molecule has 5 heteroatoms. The van der Waals surface area contributed by atoms with Gasteiger partial charge in [-0.15, -0.1) is 11.8 Å². The van der Waals surface area contributed by atoms with E-state index in [1.165, 1.54) is 5.56 Å². The molecule has 0 aliphatic carbocycles. The molecule has 25 heavy (non-hydrogen) atoms. The minimum Gasteiger partial charge on any atom is -0.310 e. The second-order valence-electron chi connectivity index (χ2n) is 6.50. The van der Waals surface area contributed by atoms with E-state index in [2.05, 4.69) is 13.0 Å². The average Bonchev–Trinajstić information content (AvgIpc) is 2.96. The van der Waals surface area contributed by atoms with Crippen molar-refractivity contribution in [3.8, 4) is 0 Å². The molecule has 2 aliphatic heterocycles. The Hall–Kier alpha value is -2.27. The van der Waals surface area contributed by atoms with Gasteiger partial charge in [-0.3, -0.25) is 9.59 Å². The van der Waals surface area contributed by atoms with Gasteiger partial charge in [-0.25, -0.2) is 0 Å². The van der Waals surface area contributed by atoms with Gasteiger partial charge >= 0.3 is 0 Å². The fourth-order valence-electron chi connectivity index (χ4n) is 3.67. The zero-order chi connectivity index (χ0) is 17.4. The second kappa shape index (κ2) is 6.56. The van der Waals surface area contributed by atoms with Crippen molar-refractivity contribution >= 4 is 35.0 Å². The van der Waals surface area contributed by atoms with Gasteiger partial charge in [0.1, 0.15) is 0 Å². The van der Waals surface area contributed by atoms with E-state index in [4.69, 9.17) is 0 Å². The number of rotatable bonds is 3. The maximum Gasteiger partial charge on any atom is 0.237 e. The van der Waals surface area contributed by atoms with Gasteiger partial charge < -0.3 is 9.80 Å². The van der Waals surface area contributed by atoms with Gasteiger partial charge in [0.05, 0.1) is 11.4 Å². The molecule has 128 valence electrons. The summed E-state index contributed by atoms with van der Waals surface area (Å²) in [6.07, 6.45) is 1.23. The lowest BCUT2D eigenvalue weighted by Gasteiger charge is -2.30. The van der Waals surface area contributed by atoms with Crippen LogP contribution in [0.1, 0.15) is 18.9 Å². The summed E-state index contributed by atoms with van der Waals surface area (Å²) in [6, 6.07) is 16.1. The smallest absolute Gasteiger partial charge is 0.237 e. The van der Waals surface area contributed by atoms with Crippen LogP contribution in [0.15, 0.2) is 53.4 Å². The third kappa shape index (κ3) is 2.93. The molecule has 1 atom stereocenters. The van der Waals surface area contributed by atoms with Gasteiger partial charge in [0.2, 0.25) is 11.8 Å². The lowest BCUT2D eigenvalue weighted by molar-refractivity contribution is -0.119. The maximum atomic E-state index is 12.9. The Kier molecular flexibility index (Phi) is 4.25. The van der Waals surface area contributed by atoms with Gasteiger partial charge in [-0.1, -0.05) is 30.3 Å². The molecular formula is C20H20N2O2S. The van der Waals surface area contributed by atoms with Crippen LogP contribution in [0.2, 0.25) is 0 Å². The lowest BCUT2D eigenvalue weighted by Crippen LogP contribution is -2.41. The Balaban J connectivity index is 1.50. The number of thioether (sulfide) groups is 1. The zero-order valence-electron chi connectivity index (χ0n) is 14.1. The van der Waals surface area contributed by atoms with Gasteiger partial charge in [0, 0.05) is 29.6 Å². The number of carbonyl (C=O) groups excluding carboxylic acids is 2. The number of fused-ring (bicyclic) bond motifs is 2. The van der Waals surface area contributed by atoms with Gasteiger partial charge in [-0.05, 0) is 37.1 Å². The Morgan fingerprint density at radius 1 is 1.12 bits per heavy atom. The van der Waals surface area contributed by atoms with Crippen molar-refractivity contribution in [2.45, 2.75) is 30.7 Å². The first-order valence-electron chi connectivity index (χ1n) is 8.57. The van der Waals surface area contributed by atoms with Gasteiger partial charge in [0.15, 0.2) is 0 Å². The van der Waals surface area contributed by atoms with Crippen LogP contribution in [0.4, 0.5) is 11.4 Å². The van der Waals surface area contributed by atoms with Gasteiger partial charge in [0.25, 0.3) is 0 Å². The molecule has 0 saturated heterocycles. The summed E-state index contributed by atoms with van der Waals surface area (Å²) >= 11 is 1.56. The van der Waals surface area contributed by atoms with E-state index in [-0.39, 0.29) is 17.9 Å². The summed E-state index contributed by atoms with van der Waals surface area (Å²) in [7, 11) is 0. The number of hydrogen-bond acceptors (Lipinski definition) is 3. The molecule has 2 aromatic carbocycles. The standard InChI is InChI=1S/C20H20N2O2S/c1-14-12-15-6-2-3-7-16(15)22(14)19(23)10-11-21-17-8-4-5-9-18(17)25-13-20(21)24/h2-9,14H,10-13H2,1H3/t14-/m1/s1. The Labute approximate surface area is 151 Å². The van der Waals surface area contributed by atoms with E-state index < -0.39 is 0 Å². The van der Waals surface area contributed by atoms with E-state index in [1.807, 2.05) is 47.4 Å². The van der Waals surface area contributed by atoms with Crippen molar-refractivity contribution in [3.63, 3.8) is 0 Å². The van der Waals surface area contributed by atoms with Crippen molar-refractivity contribution in [1.29, 1.82) is 0 Å². The number of amides is 2. The summed E-state index contributed by atoms with van der Waals surface area (Å²) in [5.41, 5.74) is 3.16. The van der Waals surface area contributed by atoms with Crippen molar-refractivity contribution in [1.82, 2.24) is 0 Å². The van der Waals surface area contributed by atoms with E-state index in [0.29, 0.717) is 18.7 Å². The maximum absolute atomic E-state index is 12.9. The topological polar surface area (TPSA) is 40.6 Å². The van der Waals surface area contributed by atoms with Crippen LogP contribution in [-0.4, -0.2) is 30.2 Å². The highest BCUT2D eigenvalue weighted by Crippen LogP contribution is 2.36. The minimum atomic E-state index is 0.0753. The number of hydrogen-bond donors (Lipinski definition) is 0. The number of para-hydroxylation sites is 2. The Morgan fingerprint density at radius 3 is 2.68 bits per heavy atom. The summed E-state index contributed by atoms with van der Waals surface area (Å²) in [5, 5.41) is 0. The van der Waals surface area contributed by atoms with Crippen molar-refractivity contribution in [2.75, 3.05) is 22.1 Å². The van der Waals surface area contributed by atoms with Crippen LogP contribution < -0.4 is 9.80 Å². The normalized spacial score (nSPS) is 18.9. The third-order valence-electron chi connectivity index (χ3n) is 4.83. The van der Waals surface area contributed by atoms with E-state index >= 15 is 0 Å². The monoisotopic (exact) mass is 352 g/mol. The Bertz CT molecular complexity index is 836. The van der Waals surface area contributed by atoms with Crippen molar-refractivity contribution in [2.24, 2.45) is 0 Å². The summed E-state index contributed by atoms with van der Waals surface area (Å²) in [4.78, 5) is 30.0. The molecule has 2 aromatic rings. The SMILES string of the molecule is C[C@@H]1Cc2ccccc2N1C(=O)CCN1C(=O)CSc2ccccc21. The first kappa shape index (κ1) is 16.2. The van der Waals surface area contributed by atoms with Crippen LogP contribution in [-0.2, 0) is 16.0 Å². The van der Waals surface area contributed by atoms with Crippen LogP contribution in [0.3, 0.4) is 0 Å². The summed E-state index contributed by atoms with van der Waals surface area (Å²) in [6.45, 7) is 2.51. The molecule has 4 nitrogen and oxygen atoms in total. The molecule has 0 N–H and O–H groups in total. The van der Waals surface area contributed by atoms with E-state index in [0.717, 1.165) is 22.7 Å². The largest absolute Gasteiger partial charge is 0.310 e. The number of nitrogens with zero attached hydrogens (tertiary/aromatic N) is 2. The predicted octanol–water partition coefficient (Wildman–Crippen LogP) is 3.49. The molecule has 0 aromatic heterocycles. The number of benzene rings is 2. The number of anilines is 2. The van der Waals surface area contributed by atoms with E-state index in [1.54, 1.807) is 16.7 Å². The lowest BCUT2D eigenvalue weighted by atomic mass is 10.1. The molecular weight excluding hydrogens is 332 g/mol. The molecule has 0 spiro atoms. The summed E-state index contributed by atoms with van der Waals surface area (Å²) in [5.74, 6) is 0.598. The average molecular weight is 352 g/mol. The molecule has 0 saturated carbocycles. The molecule has 0 radical (unpaired) electrons. The Morgan fingerprint density at radius 2 is 1.84 bits per heavy atom. The van der Waals surface area contributed by atoms with Crippen LogP contribution in [0.25, 0.3) is 0 Å². The quantitative estimate of drug-likeness (QED) is 0.849. The highest BCUT2D eigenvalue weighted by atomic mass is 32.2. The zero-order valence-corrected chi connectivity index (χ0v) is 15.0. The highest BCUT2D eigenvalue weighted by molar-refractivity contribution is 8.00. The molecule has 0 fully saturated rings. The van der Waals surface area contributed by atoms with Gasteiger partial charge in [-0.2, -0.15) is 0 Å². The van der Waals surface area contributed by atoms with Crippen molar-refractivity contribution < 1.29 is 9.59 Å². The second-order valence-corrected chi connectivity index (χ2v) is 7.51. The molecule has 0 bridgehead atoms. The first-order chi connectivity index (χ1) is 12.1. The minimum absolute atomic E-state index is 0.0753.